The molecule has 0 rings (SSSR count). The molecule has 6 heteroatoms. The van der Waals surface area contributed by atoms with E-state index in [2.05, 4.69) is 142 Å². The Morgan fingerprint density at radius 2 is 0.563 bits per heavy atom. The molecule has 0 heterocycles. The zero-order valence-electron chi connectivity index (χ0n) is 45.9. The van der Waals surface area contributed by atoms with Crippen molar-refractivity contribution in [1.29, 1.82) is 0 Å². The average Bonchev–Trinajstić information content (AvgIpc) is 3.37. The van der Waals surface area contributed by atoms with Gasteiger partial charge in [0.25, 0.3) is 0 Å². The van der Waals surface area contributed by atoms with Crippen LogP contribution in [0.25, 0.3) is 0 Å². The highest BCUT2D eigenvalue weighted by Crippen LogP contribution is 2.14. The highest BCUT2D eigenvalue weighted by Gasteiger charge is 2.19. The summed E-state index contributed by atoms with van der Waals surface area (Å²) in [5.41, 5.74) is 0. The van der Waals surface area contributed by atoms with Gasteiger partial charge in [-0.25, -0.2) is 0 Å². The van der Waals surface area contributed by atoms with Crippen molar-refractivity contribution in [3.8, 4) is 0 Å². The fraction of sp³-hybridized carbons (Fsp3) is 0.646. The topological polar surface area (TPSA) is 78.9 Å². The fourth-order valence-corrected chi connectivity index (χ4v) is 7.64. The molecule has 71 heavy (non-hydrogen) atoms. The number of hydrogen-bond donors (Lipinski definition) is 0. The van der Waals surface area contributed by atoms with Crippen molar-refractivity contribution in [3.05, 3.63) is 122 Å². The number of rotatable bonds is 51. The number of carbonyl (C=O) groups excluding carboxylic acids is 3. The van der Waals surface area contributed by atoms with Crippen molar-refractivity contribution in [2.45, 2.75) is 258 Å². The molecule has 0 aliphatic heterocycles. The summed E-state index contributed by atoms with van der Waals surface area (Å²) in [5, 5.41) is 0. The van der Waals surface area contributed by atoms with Crippen LogP contribution in [0, 0.1) is 0 Å². The van der Waals surface area contributed by atoms with Gasteiger partial charge >= 0.3 is 17.9 Å². The number of unbranched alkanes of at least 4 members (excludes halogenated alkanes) is 20. The Morgan fingerprint density at radius 1 is 0.296 bits per heavy atom. The van der Waals surface area contributed by atoms with Gasteiger partial charge in [-0.2, -0.15) is 0 Å². The van der Waals surface area contributed by atoms with E-state index >= 15 is 0 Å². The Labute approximate surface area is 437 Å². The van der Waals surface area contributed by atoms with E-state index in [0.717, 1.165) is 116 Å². The molecular formula is C65H106O6. The second kappa shape index (κ2) is 58.4. The minimum absolute atomic E-state index is 0.112. The zero-order valence-corrected chi connectivity index (χ0v) is 45.9. The third kappa shape index (κ3) is 56.6. The normalized spacial score (nSPS) is 13.0. The number of ether oxygens (including phenoxy) is 3. The molecule has 0 N–H and O–H groups in total. The molecule has 0 aromatic heterocycles. The smallest absolute Gasteiger partial charge is 0.306 e. The van der Waals surface area contributed by atoms with Gasteiger partial charge in [0.05, 0.1) is 0 Å². The predicted octanol–water partition coefficient (Wildman–Crippen LogP) is 19.6. The molecule has 0 aromatic rings. The summed E-state index contributed by atoms with van der Waals surface area (Å²) in [6.07, 6.45) is 80.5. The van der Waals surface area contributed by atoms with E-state index < -0.39 is 6.10 Å². The van der Waals surface area contributed by atoms with E-state index in [0.29, 0.717) is 19.3 Å². The quantitative estimate of drug-likeness (QED) is 0.0261. The van der Waals surface area contributed by atoms with Crippen LogP contribution in [-0.2, 0) is 28.6 Å². The predicted molar refractivity (Wildman–Crippen MR) is 306 cm³/mol. The number of hydrogen-bond acceptors (Lipinski definition) is 6. The lowest BCUT2D eigenvalue weighted by atomic mass is 10.1. The maximum absolute atomic E-state index is 12.8. The third-order valence-electron chi connectivity index (χ3n) is 11.9. The molecule has 0 bridgehead atoms. The molecule has 0 aliphatic carbocycles. The SMILES string of the molecule is CC/C=C\C/C=C\C/C=C\C/C=C\C/C=C\CCCC(=O)O[C@H](COC(=O)CCCCCC/C=C\C/C=C\C/C=C\C/C=C\CC)COC(=O)CCCCCCCCCCC/C=C\CCCCCCCC. The summed E-state index contributed by atoms with van der Waals surface area (Å²) < 4.78 is 16.8. The van der Waals surface area contributed by atoms with Crippen LogP contribution in [0.2, 0.25) is 0 Å². The van der Waals surface area contributed by atoms with Gasteiger partial charge in [-0.1, -0.05) is 232 Å². The van der Waals surface area contributed by atoms with Crippen LogP contribution in [0.3, 0.4) is 0 Å². The highest BCUT2D eigenvalue weighted by atomic mass is 16.6. The Bertz CT molecular complexity index is 1500. The molecule has 402 valence electrons. The largest absolute Gasteiger partial charge is 0.462 e. The van der Waals surface area contributed by atoms with Crippen molar-refractivity contribution in [2.24, 2.45) is 0 Å². The van der Waals surface area contributed by atoms with Crippen LogP contribution in [0.4, 0.5) is 0 Å². The van der Waals surface area contributed by atoms with Crippen molar-refractivity contribution < 1.29 is 28.6 Å². The summed E-state index contributed by atoms with van der Waals surface area (Å²) >= 11 is 0. The summed E-state index contributed by atoms with van der Waals surface area (Å²) in [4.78, 5) is 38.2. The maximum atomic E-state index is 12.8. The molecule has 0 radical (unpaired) electrons. The first kappa shape index (κ1) is 66.8. The summed E-state index contributed by atoms with van der Waals surface area (Å²) in [7, 11) is 0. The maximum Gasteiger partial charge on any atom is 0.306 e. The van der Waals surface area contributed by atoms with Crippen molar-refractivity contribution in [2.75, 3.05) is 13.2 Å². The van der Waals surface area contributed by atoms with E-state index in [9.17, 15) is 14.4 Å². The van der Waals surface area contributed by atoms with Gasteiger partial charge < -0.3 is 14.2 Å². The van der Waals surface area contributed by atoms with Gasteiger partial charge in [0.2, 0.25) is 0 Å². The minimum Gasteiger partial charge on any atom is -0.462 e. The zero-order chi connectivity index (χ0) is 51.4. The van der Waals surface area contributed by atoms with Crippen LogP contribution >= 0.6 is 0 Å². The average molecular weight is 984 g/mol. The molecule has 0 saturated heterocycles. The molecule has 0 fully saturated rings. The van der Waals surface area contributed by atoms with E-state index in [1.165, 1.54) is 89.9 Å². The third-order valence-corrected chi connectivity index (χ3v) is 11.9. The fourth-order valence-electron chi connectivity index (χ4n) is 7.64. The van der Waals surface area contributed by atoms with E-state index in [1.807, 2.05) is 0 Å². The van der Waals surface area contributed by atoms with E-state index in [-0.39, 0.29) is 37.5 Å². The first-order chi connectivity index (χ1) is 35.0. The Balaban J connectivity index is 4.52. The first-order valence-electron chi connectivity index (χ1n) is 29.0. The van der Waals surface area contributed by atoms with Gasteiger partial charge in [-0.3, -0.25) is 14.4 Å². The molecule has 0 unspecified atom stereocenters. The summed E-state index contributed by atoms with van der Waals surface area (Å²) in [5.74, 6) is -0.999. The number of esters is 3. The standard InChI is InChI=1S/C65H106O6/c1-4-7-10-13-16-19-22-25-28-31-32-35-37-40-43-46-49-52-55-58-64(67)70-61-62(71-65(68)59-56-53-50-47-44-41-38-34-30-27-24-21-18-15-12-9-6-3)60-69-63(66)57-54-51-48-45-42-39-36-33-29-26-23-20-17-14-11-8-5-2/h8-9,11-12,17-18,20-21,25-30,36,38-39,41,47,50,62H,4-7,10,13-16,19,22-24,31-35,37,40,42-46,48-49,51-61H2,1-3H3/b11-8-,12-9-,20-17-,21-18-,28-25-,29-26-,30-27-,39-36-,41-38-,50-47-/t62-/m1/s1. The molecule has 1 atom stereocenters. The highest BCUT2D eigenvalue weighted by molar-refractivity contribution is 5.71. The molecule has 0 aliphatic rings. The molecule has 0 aromatic carbocycles. The molecule has 0 amide bonds. The Kier molecular flexibility index (Phi) is 54.9. The van der Waals surface area contributed by atoms with Gasteiger partial charge in [0.15, 0.2) is 6.10 Å². The van der Waals surface area contributed by atoms with Crippen molar-refractivity contribution >= 4 is 17.9 Å². The van der Waals surface area contributed by atoms with Crippen LogP contribution in [-0.4, -0.2) is 37.2 Å². The lowest BCUT2D eigenvalue weighted by Crippen LogP contribution is -2.30. The Morgan fingerprint density at radius 3 is 0.915 bits per heavy atom. The van der Waals surface area contributed by atoms with Gasteiger partial charge in [-0.15, -0.1) is 0 Å². The van der Waals surface area contributed by atoms with Crippen molar-refractivity contribution in [1.82, 2.24) is 0 Å². The van der Waals surface area contributed by atoms with Gasteiger partial charge in [0.1, 0.15) is 13.2 Å². The lowest BCUT2D eigenvalue weighted by Gasteiger charge is -2.18. The molecule has 6 nitrogen and oxygen atoms in total. The van der Waals surface area contributed by atoms with Crippen LogP contribution in [0.1, 0.15) is 252 Å². The van der Waals surface area contributed by atoms with Crippen LogP contribution in [0.15, 0.2) is 122 Å². The second-order valence-electron chi connectivity index (χ2n) is 18.8. The van der Waals surface area contributed by atoms with E-state index in [4.69, 9.17) is 14.2 Å². The van der Waals surface area contributed by atoms with Crippen molar-refractivity contribution in [3.63, 3.8) is 0 Å². The monoisotopic (exact) mass is 983 g/mol. The second-order valence-corrected chi connectivity index (χ2v) is 18.8. The molecule has 0 saturated carbocycles. The van der Waals surface area contributed by atoms with Crippen LogP contribution in [0.5, 0.6) is 0 Å². The Hall–Kier alpha value is -4.19. The summed E-state index contributed by atoms with van der Waals surface area (Å²) in [6.45, 7) is 6.34. The number of carbonyl (C=O) groups is 3. The summed E-state index contributed by atoms with van der Waals surface area (Å²) in [6, 6.07) is 0. The first-order valence-corrected chi connectivity index (χ1v) is 29.0. The van der Waals surface area contributed by atoms with Crippen LogP contribution < -0.4 is 0 Å². The van der Waals surface area contributed by atoms with Gasteiger partial charge in [0, 0.05) is 19.3 Å². The molecular weight excluding hydrogens is 877 g/mol. The molecule has 0 spiro atoms. The minimum atomic E-state index is -0.823. The number of allylic oxidation sites excluding steroid dienone is 20. The van der Waals surface area contributed by atoms with E-state index in [1.54, 1.807) is 0 Å². The lowest BCUT2D eigenvalue weighted by molar-refractivity contribution is -0.167. The van der Waals surface area contributed by atoms with Gasteiger partial charge in [-0.05, 0) is 122 Å².